The van der Waals surface area contributed by atoms with Crippen LogP contribution in [0.15, 0.2) is 42.9 Å². The molecule has 0 unspecified atom stereocenters. The second kappa shape index (κ2) is 6.06. The standard InChI is InChI=1S/C14H12BrN3O3S2/c1-8-3-4-12(11(15)5-8)18-23(19,20)13-6-10(7-22-13)14-16-9(2)21-17-14/h3-7,18H,1-2H3. The fourth-order valence-electron chi connectivity index (χ4n) is 1.89. The van der Waals surface area contributed by atoms with Crippen LogP contribution in [0.1, 0.15) is 11.5 Å². The lowest BCUT2D eigenvalue weighted by Gasteiger charge is -2.08. The quantitative estimate of drug-likeness (QED) is 0.698. The minimum atomic E-state index is -3.68. The van der Waals surface area contributed by atoms with Crippen molar-refractivity contribution in [1.82, 2.24) is 10.1 Å². The first-order chi connectivity index (χ1) is 10.8. The average Bonchev–Trinajstić information content (AvgIpc) is 3.10. The molecule has 6 nitrogen and oxygen atoms in total. The molecule has 0 atom stereocenters. The first-order valence-corrected chi connectivity index (χ1v) is 9.69. The zero-order chi connectivity index (χ0) is 16.6. The topological polar surface area (TPSA) is 85.1 Å². The van der Waals surface area contributed by atoms with Crippen molar-refractivity contribution in [1.29, 1.82) is 0 Å². The van der Waals surface area contributed by atoms with Gasteiger partial charge in [-0.2, -0.15) is 4.98 Å². The molecule has 3 aromatic rings. The van der Waals surface area contributed by atoms with Crippen molar-refractivity contribution in [3.8, 4) is 11.4 Å². The highest BCUT2D eigenvalue weighted by molar-refractivity contribution is 9.10. The van der Waals surface area contributed by atoms with Crippen LogP contribution < -0.4 is 4.72 Å². The number of sulfonamides is 1. The van der Waals surface area contributed by atoms with Gasteiger partial charge >= 0.3 is 0 Å². The molecule has 0 fully saturated rings. The molecule has 1 aromatic carbocycles. The van der Waals surface area contributed by atoms with Gasteiger partial charge in [-0.1, -0.05) is 11.2 Å². The third-order valence-electron chi connectivity index (χ3n) is 2.99. The number of hydrogen-bond acceptors (Lipinski definition) is 6. The summed E-state index contributed by atoms with van der Waals surface area (Å²) in [6, 6.07) is 6.93. The minimum Gasteiger partial charge on any atom is -0.339 e. The normalized spacial score (nSPS) is 11.6. The highest BCUT2D eigenvalue weighted by atomic mass is 79.9. The molecule has 1 N–H and O–H groups in total. The maximum absolute atomic E-state index is 12.5. The Labute approximate surface area is 145 Å². The van der Waals surface area contributed by atoms with Crippen LogP contribution in [-0.4, -0.2) is 18.6 Å². The lowest BCUT2D eigenvalue weighted by atomic mass is 10.2. The van der Waals surface area contributed by atoms with Crippen molar-refractivity contribution >= 4 is 43.0 Å². The van der Waals surface area contributed by atoms with E-state index in [0.29, 0.717) is 27.4 Å². The molecule has 0 amide bonds. The summed E-state index contributed by atoms with van der Waals surface area (Å²) in [5.74, 6) is 0.800. The molecule has 2 aromatic heterocycles. The van der Waals surface area contributed by atoms with Crippen LogP contribution in [-0.2, 0) is 10.0 Å². The lowest BCUT2D eigenvalue weighted by Crippen LogP contribution is -2.11. The maximum atomic E-state index is 12.5. The Hall–Kier alpha value is -1.71. The molecule has 9 heteroatoms. The Morgan fingerprint density at radius 2 is 2.04 bits per heavy atom. The van der Waals surface area contributed by atoms with Crippen LogP contribution in [0, 0.1) is 13.8 Å². The van der Waals surface area contributed by atoms with E-state index in [9.17, 15) is 8.42 Å². The number of halogens is 1. The number of aryl methyl sites for hydroxylation is 2. The number of benzene rings is 1. The molecule has 0 spiro atoms. The Bertz CT molecular complexity index is 963. The third-order valence-corrected chi connectivity index (χ3v) is 6.46. The van der Waals surface area contributed by atoms with Gasteiger partial charge in [0.05, 0.1) is 5.69 Å². The fourth-order valence-corrected chi connectivity index (χ4v) is 4.85. The summed E-state index contributed by atoms with van der Waals surface area (Å²) in [7, 11) is -3.68. The molecule has 0 saturated carbocycles. The van der Waals surface area contributed by atoms with Gasteiger partial charge in [0, 0.05) is 22.3 Å². The summed E-state index contributed by atoms with van der Waals surface area (Å²) < 4.78 is 33.4. The first kappa shape index (κ1) is 16.2. The number of nitrogens with one attached hydrogen (secondary N) is 1. The number of nitrogens with zero attached hydrogens (tertiary/aromatic N) is 2. The first-order valence-electron chi connectivity index (χ1n) is 6.53. The second-order valence-electron chi connectivity index (χ2n) is 4.88. The van der Waals surface area contributed by atoms with Crippen LogP contribution in [0.25, 0.3) is 11.4 Å². The van der Waals surface area contributed by atoms with Crippen molar-refractivity contribution in [3.05, 3.63) is 45.6 Å². The summed E-state index contributed by atoms with van der Waals surface area (Å²) in [4.78, 5) is 4.09. The number of aromatic nitrogens is 2. The van der Waals surface area contributed by atoms with Crippen molar-refractivity contribution in [3.63, 3.8) is 0 Å². The van der Waals surface area contributed by atoms with Crippen LogP contribution in [0.3, 0.4) is 0 Å². The van der Waals surface area contributed by atoms with E-state index in [-0.39, 0.29) is 4.21 Å². The molecular formula is C14H12BrN3O3S2. The monoisotopic (exact) mass is 413 g/mol. The van der Waals surface area contributed by atoms with Gasteiger partial charge in [0.25, 0.3) is 10.0 Å². The molecule has 0 saturated heterocycles. The van der Waals surface area contributed by atoms with Crippen LogP contribution in [0.2, 0.25) is 0 Å². The molecule has 0 aliphatic carbocycles. The number of hydrogen-bond donors (Lipinski definition) is 1. The zero-order valence-corrected chi connectivity index (χ0v) is 15.4. The van der Waals surface area contributed by atoms with Gasteiger partial charge < -0.3 is 4.52 Å². The fraction of sp³-hybridized carbons (Fsp3) is 0.143. The predicted octanol–water partition coefficient (Wildman–Crippen LogP) is 3.98. The molecule has 2 heterocycles. The third kappa shape index (κ3) is 3.46. The van der Waals surface area contributed by atoms with Crippen LogP contribution in [0.5, 0.6) is 0 Å². The smallest absolute Gasteiger partial charge is 0.271 e. The van der Waals surface area contributed by atoms with Crippen molar-refractivity contribution in [2.24, 2.45) is 0 Å². The molecule has 0 aliphatic heterocycles. The molecule has 3 rings (SSSR count). The maximum Gasteiger partial charge on any atom is 0.271 e. The van der Waals surface area contributed by atoms with Crippen molar-refractivity contribution in [2.75, 3.05) is 4.72 Å². The van der Waals surface area contributed by atoms with Gasteiger partial charge in [0.15, 0.2) is 0 Å². The van der Waals surface area contributed by atoms with Gasteiger partial charge in [0.1, 0.15) is 4.21 Å². The summed E-state index contributed by atoms with van der Waals surface area (Å²) in [5, 5.41) is 5.47. The summed E-state index contributed by atoms with van der Waals surface area (Å²) >= 11 is 4.46. The largest absolute Gasteiger partial charge is 0.339 e. The zero-order valence-electron chi connectivity index (χ0n) is 12.2. The van der Waals surface area contributed by atoms with Gasteiger partial charge in [-0.25, -0.2) is 8.42 Å². The minimum absolute atomic E-state index is 0.183. The molecule has 120 valence electrons. The molecule has 0 bridgehead atoms. The van der Waals surface area contributed by atoms with E-state index < -0.39 is 10.0 Å². The van der Waals surface area contributed by atoms with E-state index in [2.05, 4.69) is 30.8 Å². The number of rotatable bonds is 4. The van der Waals surface area contributed by atoms with E-state index in [4.69, 9.17) is 4.52 Å². The molecule has 0 radical (unpaired) electrons. The SMILES string of the molecule is Cc1ccc(NS(=O)(=O)c2cc(-c3noc(C)n3)cs2)c(Br)c1. The van der Waals surface area contributed by atoms with E-state index in [0.717, 1.165) is 16.9 Å². The van der Waals surface area contributed by atoms with E-state index >= 15 is 0 Å². The highest BCUT2D eigenvalue weighted by Gasteiger charge is 2.20. The van der Waals surface area contributed by atoms with Crippen LogP contribution >= 0.6 is 27.3 Å². The van der Waals surface area contributed by atoms with E-state index in [1.165, 1.54) is 6.07 Å². The van der Waals surface area contributed by atoms with Gasteiger partial charge in [-0.3, -0.25) is 4.72 Å². The second-order valence-corrected chi connectivity index (χ2v) is 8.56. The van der Waals surface area contributed by atoms with E-state index in [1.54, 1.807) is 18.4 Å². The Balaban J connectivity index is 1.89. The van der Waals surface area contributed by atoms with E-state index in [1.807, 2.05) is 19.1 Å². The Morgan fingerprint density at radius 1 is 1.26 bits per heavy atom. The van der Waals surface area contributed by atoms with Crippen molar-refractivity contribution in [2.45, 2.75) is 18.1 Å². The Kier molecular flexibility index (Phi) is 4.26. The predicted molar refractivity (Wildman–Crippen MR) is 92.0 cm³/mol. The Morgan fingerprint density at radius 3 is 2.70 bits per heavy atom. The highest BCUT2D eigenvalue weighted by Crippen LogP contribution is 2.30. The van der Waals surface area contributed by atoms with Crippen molar-refractivity contribution < 1.29 is 12.9 Å². The van der Waals surface area contributed by atoms with Crippen LogP contribution in [0.4, 0.5) is 5.69 Å². The van der Waals surface area contributed by atoms with Gasteiger partial charge in [-0.05, 0) is 46.6 Å². The average molecular weight is 414 g/mol. The summed E-state index contributed by atoms with van der Waals surface area (Å²) in [6.45, 7) is 3.61. The van der Waals surface area contributed by atoms with Gasteiger partial charge in [-0.15, -0.1) is 11.3 Å². The van der Waals surface area contributed by atoms with Gasteiger partial charge in [0.2, 0.25) is 11.7 Å². The number of anilines is 1. The number of thiophene rings is 1. The summed E-state index contributed by atoms with van der Waals surface area (Å²) in [5.41, 5.74) is 2.13. The molecular weight excluding hydrogens is 402 g/mol. The lowest BCUT2D eigenvalue weighted by molar-refractivity contribution is 0.394. The molecule has 23 heavy (non-hydrogen) atoms. The summed E-state index contributed by atoms with van der Waals surface area (Å²) in [6.07, 6.45) is 0. The molecule has 0 aliphatic rings.